The zero-order chi connectivity index (χ0) is 21.2. The fourth-order valence-electron chi connectivity index (χ4n) is 5.45. The van der Waals surface area contributed by atoms with Crippen molar-refractivity contribution in [1.82, 2.24) is 0 Å². The van der Waals surface area contributed by atoms with Gasteiger partial charge in [-0.1, -0.05) is 106 Å². The molecule has 0 unspecified atom stereocenters. The molecule has 0 spiro atoms. The first-order chi connectivity index (χ1) is 15.4. The molecule has 3 aromatic rings. The monoisotopic (exact) mass is 429 g/mol. The van der Waals surface area contributed by atoms with Gasteiger partial charge < -0.3 is 0 Å². The van der Waals surface area contributed by atoms with Crippen molar-refractivity contribution in [2.45, 2.75) is 64.2 Å². The molecule has 1 heteroatoms. The van der Waals surface area contributed by atoms with Gasteiger partial charge in [0.2, 0.25) is 0 Å². The highest BCUT2D eigenvalue weighted by Crippen LogP contribution is 2.57. The van der Waals surface area contributed by atoms with Gasteiger partial charge in [-0.3, -0.25) is 0 Å². The standard InChI is InChI=1S/C30H38P/c1-2-4-6-11-19-27(18-10-5-3-1)26-31(28-20-12-7-13-21-28,29-22-14-8-15-23-29)30-24-16-9-17-25-30/h7-9,12-17,20-25,27H,1-6,10-11,18-19,26H2/q+1. The molecule has 1 aliphatic carbocycles. The fourth-order valence-corrected chi connectivity index (χ4v) is 10.2. The van der Waals surface area contributed by atoms with Gasteiger partial charge in [0.25, 0.3) is 0 Å². The molecule has 0 nitrogen and oxygen atoms in total. The highest BCUT2D eigenvalue weighted by atomic mass is 31.2. The minimum absolute atomic E-state index is 0.812. The summed E-state index contributed by atoms with van der Waals surface area (Å²) in [6.45, 7) is 0. The van der Waals surface area contributed by atoms with E-state index >= 15 is 0 Å². The molecule has 31 heavy (non-hydrogen) atoms. The first kappa shape index (κ1) is 22.3. The van der Waals surface area contributed by atoms with Gasteiger partial charge >= 0.3 is 0 Å². The van der Waals surface area contributed by atoms with Gasteiger partial charge in [0.15, 0.2) is 0 Å². The van der Waals surface area contributed by atoms with Crippen LogP contribution in [-0.2, 0) is 0 Å². The lowest BCUT2D eigenvalue weighted by Crippen LogP contribution is -2.35. The zero-order valence-electron chi connectivity index (χ0n) is 19.0. The van der Waals surface area contributed by atoms with Crippen molar-refractivity contribution in [3.05, 3.63) is 91.0 Å². The van der Waals surface area contributed by atoms with Crippen LogP contribution in [-0.4, -0.2) is 6.16 Å². The molecule has 1 fully saturated rings. The Kier molecular flexibility index (Phi) is 8.37. The summed E-state index contributed by atoms with van der Waals surface area (Å²) in [5, 5.41) is 4.63. The van der Waals surface area contributed by atoms with Crippen LogP contribution in [0.3, 0.4) is 0 Å². The highest BCUT2D eigenvalue weighted by molar-refractivity contribution is 7.95. The van der Waals surface area contributed by atoms with Crippen LogP contribution >= 0.6 is 7.26 Å². The third-order valence-corrected chi connectivity index (χ3v) is 11.7. The predicted octanol–water partition coefficient (Wildman–Crippen LogP) is 7.51. The van der Waals surface area contributed by atoms with Gasteiger partial charge in [0.1, 0.15) is 23.2 Å². The molecule has 162 valence electrons. The molecule has 0 radical (unpaired) electrons. The summed E-state index contributed by atoms with van der Waals surface area (Å²) in [4.78, 5) is 0. The number of hydrogen-bond acceptors (Lipinski definition) is 0. The third kappa shape index (κ3) is 5.67. The molecule has 0 aromatic heterocycles. The van der Waals surface area contributed by atoms with E-state index in [-0.39, 0.29) is 0 Å². The molecule has 4 rings (SSSR count). The maximum Gasteiger partial charge on any atom is 0.112 e. The van der Waals surface area contributed by atoms with Gasteiger partial charge in [-0.15, -0.1) is 0 Å². The van der Waals surface area contributed by atoms with E-state index in [1.54, 1.807) is 15.9 Å². The second-order valence-electron chi connectivity index (χ2n) is 9.27. The van der Waals surface area contributed by atoms with E-state index in [1.165, 1.54) is 70.4 Å². The number of hydrogen-bond donors (Lipinski definition) is 0. The van der Waals surface area contributed by atoms with E-state index < -0.39 is 7.26 Å². The molecule has 0 bridgehead atoms. The van der Waals surface area contributed by atoms with Crippen LogP contribution in [0.25, 0.3) is 0 Å². The van der Waals surface area contributed by atoms with Crippen LogP contribution in [0.4, 0.5) is 0 Å². The van der Waals surface area contributed by atoms with Gasteiger partial charge in [-0.25, -0.2) is 0 Å². The van der Waals surface area contributed by atoms with E-state index in [1.807, 2.05) is 0 Å². The predicted molar refractivity (Wildman–Crippen MR) is 140 cm³/mol. The van der Waals surface area contributed by atoms with E-state index in [4.69, 9.17) is 0 Å². The Labute approximate surface area is 190 Å². The molecule has 1 saturated carbocycles. The normalized spacial score (nSPS) is 17.0. The Hall–Kier alpha value is -1.91. The summed E-state index contributed by atoms with van der Waals surface area (Å²) in [5.74, 6) is 0.812. The van der Waals surface area contributed by atoms with Crippen molar-refractivity contribution in [2.24, 2.45) is 5.92 Å². The molecule has 0 atom stereocenters. The molecule has 0 amide bonds. The van der Waals surface area contributed by atoms with Gasteiger partial charge in [-0.2, -0.15) is 0 Å². The van der Waals surface area contributed by atoms with Crippen molar-refractivity contribution >= 4 is 23.2 Å². The molecule has 3 aromatic carbocycles. The second kappa shape index (κ2) is 11.6. The highest BCUT2D eigenvalue weighted by Gasteiger charge is 2.46. The van der Waals surface area contributed by atoms with Crippen LogP contribution < -0.4 is 15.9 Å². The van der Waals surface area contributed by atoms with E-state index in [2.05, 4.69) is 91.0 Å². The molecular weight excluding hydrogens is 391 g/mol. The molecule has 0 heterocycles. The van der Waals surface area contributed by atoms with Crippen molar-refractivity contribution in [3.8, 4) is 0 Å². The third-order valence-electron chi connectivity index (χ3n) is 7.10. The lowest BCUT2D eigenvalue weighted by Gasteiger charge is -2.31. The zero-order valence-corrected chi connectivity index (χ0v) is 19.9. The van der Waals surface area contributed by atoms with Crippen LogP contribution in [0, 0.1) is 5.92 Å². The van der Waals surface area contributed by atoms with Crippen molar-refractivity contribution < 1.29 is 0 Å². The smallest absolute Gasteiger partial charge is 0.0620 e. The molecular formula is C30H38P+. The largest absolute Gasteiger partial charge is 0.112 e. The van der Waals surface area contributed by atoms with E-state index in [0.717, 1.165) is 5.92 Å². The second-order valence-corrected chi connectivity index (χ2v) is 12.8. The first-order valence-electron chi connectivity index (χ1n) is 12.4. The van der Waals surface area contributed by atoms with E-state index in [0.29, 0.717) is 0 Å². The lowest BCUT2D eigenvalue weighted by atomic mass is 9.97. The summed E-state index contributed by atoms with van der Waals surface area (Å²) in [6, 6.07) is 34.4. The Balaban J connectivity index is 1.77. The number of rotatable bonds is 5. The maximum absolute atomic E-state index is 2.40. The van der Waals surface area contributed by atoms with Crippen molar-refractivity contribution in [1.29, 1.82) is 0 Å². The SMILES string of the molecule is c1ccc([P+](CC2CCCCCCCCCC2)(c2ccccc2)c2ccccc2)cc1. The van der Waals surface area contributed by atoms with Crippen LogP contribution in [0.1, 0.15) is 64.2 Å². The van der Waals surface area contributed by atoms with E-state index in [9.17, 15) is 0 Å². The quantitative estimate of drug-likeness (QED) is 0.368. The molecule has 0 N–H and O–H groups in total. The van der Waals surface area contributed by atoms with Crippen molar-refractivity contribution in [2.75, 3.05) is 6.16 Å². The molecule has 1 aliphatic rings. The van der Waals surface area contributed by atoms with Gasteiger partial charge in [-0.05, 0) is 55.2 Å². The van der Waals surface area contributed by atoms with Crippen LogP contribution in [0.15, 0.2) is 91.0 Å². The van der Waals surface area contributed by atoms with Gasteiger partial charge in [0.05, 0.1) is 6.16 Å². The Morgan fingerprint density at radius 3 is 1.13 bits per heavy atom. The summed E-state index contributed by atoms with van der Waals surface area (Å²) in [6.07, 6.45) is 15.5. The maximum atomic E-state index is 2.40. The summed E-state index contributed by atoms with van der Waals surface area (Å²) in [7, 11) is -1.69. The Morgan fingerprint density at radius 1 is 0.452 bits per heavy atom. The molecule has 0 saturated heterocycles. The van der Waals surface area contributed by atoms with Crippen molar-refractivity contribution in [3.63, 3.8) is 0 Å². The lowest BCUT2D eigenvalue weighted by molar-refractivity contribution is 0.452. The van der Waals surface area contributed by atoms with Gasteiger partial charge in [0, 0.05) is 0 Å². The minimum atomic E-state index is -1.69. The average molecular weight is 430 g/mol. The topological polar surface area (TPSA) is 0 Å². The first-order valence-corrected chi connectivity index (χ1v) is 14.4. The fraction of sp³-hybridized carbons (Fsp3) is 0.400. The summed E-state index contributed by atoms with van der Waals surface area (Å²) >= 11 is 0. The molecule has 0 aliphatic heterocycles. The average Bonchev–Trinajstić information content (AvgIpc) is 2.90. The summed E-state index contributed by atoms with van der Waals surface area (Å²) < 4.78 is 0. The Morgan fingerprint density at radius 2 is 0.774 bits per heavy atom. The van der Waals surface area contributed by atoms with Crippen LogP contribution in [0.5, 0.6) is 0 Å². The van der Waals surface area contributed by atoms with Crippen LogP contribution in [0.2, 0.25) is 0 Å². The summed E-state index contributed by atoms with van der Waals surface area (Å²) in [5.41, 5.74) is 0. The number of benzene rings is 3. The minimum Gasteiger partial charge on any atom is -0.0620 e. The Bertz CT molecular complexity index is 763.